The molecule has 0 atom stereocenters. The van der Waals surface area contributed by atoms with E-state index in [0.717, 1.165) is 35.1 Å². The molecule has 0 unspecified atom stereocenters. The maximum atomic E-state index is 13.1. The van der Waals surface area contributed by atoms with Crippen LogP contribution < -0.4 is 23.4 Å². The first-order chi connectivity index (χ1) is 40.2. The maximum absolute atomic E-state index is 13.1. The van der Waals surface area contributed by atoms with Gasteiger partial charge in [-0.3, -0.25) is 4.79 Å². The van der Waals surface area contributed by atoms with Crippen LogP contribution in [0.3, 0.4) is 0 Å². The number of nitrogens with zero attached hydrogens (tertiary/aromatic N) is 4. The van der Waals surface area contributed by atoms with Crippen molar-refractivity contribution in [2.45, 2.75) is 107 Å². The Balaban J connectivity index is 0.000000152. The summed E-state index contributed by atoms with van der Waals surface area (Å²) < 4.78 is 70.4. The fraction of sp³-hybridized carbons (Fsp3) is 0.299. The SMILES string of the molecule is CCOC(=O)C(C(=O)OCC)[n+]1ccc(-c2cc[n+](C)cc2)cc1.O=C1C(=CC(=CC2=C([O-])c3ccccc3S2(=O)=O)c2ccccc2)S(=O)(=O)c2ccccc21.c1c[n+](CC2CCCCC2)ccc1-c1cc[n+](CC2CCCCC2)cc1. The molecule has 4 aliphatic rings. The van der Waals surface area contributed by atoms with E-state index in [-0.39, 0.29) is 39.7 Å². The molecule has 3 aromatic carbocycles. The Morgan fingerprint density at radius 3 is 1.43 bits per heavy atom. The van der Waals surface area contributed by atoms with Gasteiger partial charge in [-0.05, 0) is 109 Å². The predicted octanol–water partition coefficient (Wildman–Crippen LogP) is 9.36. The molecule has 0 bridgehead atoms. The zero-order chi connectivity index (χ0) is 58.5. The molecule has 0 radical (unpaired) electrons. The highest BCUT2D eigenvalue weighted by Crippen LogP contribution is 2.40. The van der Waals surface area contributed by atoms with E-state index >= 15 is 0 Å². The van der Waals surface area contributed by atoms with E-state index in [2.05, 4.69) is 58.2 Å². The molecule has 14 nitrogen and oxygen atoms in total. The van der Waals surface area contributed by atoms with Crippen molar-refractivity contribution in [1.82, 2.24) is 0 Å². The van der Waals surface area contributed by atoms with Crippen molar-refractivity contribution >= 4 is 48.7 Å². The standard InChI is InChI=1S/C25H16O6S2.C24H34N2.C18H22N2O4/c26-24-18-10-4-6-12-20(18)32(28,29)22(24)14-17(16-8-2-1-3-9-16)15-23-25(27)19-11-5-7-13-21(19)33(23,30)31;1-3-7-21(8-4-1)19-25-15-11-23(12-16-25)24-13-17-26(18-14-24)20-22-9-5-2-6-10-22;1-4-23-17(21)16(18(22)24-5-2)20-12-8-15(9-13-20)14-6-10-19(3)11-7-14/h1-15,26H;11-18,21-22H,1-10,19-20H2;6-13,16H,4-5H2,1-3H3/q;2*+2/p-1. The van der Waals surface area contributed by atoms with E-state index in [1.807, 2.05) is 48.3 Å². The van der Waals surface area contributed by atoms with Crippen molar-refractivity contribution in [3.8, 4) is 22.3 Å². The topological polar surface area (TPSA) is 177 Å². The molecule has 0 saturated heterocycles. The van der Waals surface area contributed by atoms with Gasteiger partial charge in [0.05, 0.1) is 27.9 Å². The lowest BCUT2D eigenvalue weighted by molar-refractivity contribution is -0.704. The number of ketones is 1. The van der Waals surface area contributed by atoms with E-state index in [1.54, 1.807) is 68.7 Å². The zero-order valence-electron chi connectivity index (χ0n) is 47.2. The van der Waals surface area contributed by atoms with Gasteiger partial charge in [0, 0.05) is 65.9 Å². The van der Waals surface area contributed by atoms with Gasteiger partial charge in [-0.25, -0.2) is 40.1 Å². The molecule has 0 N–H and O–H groups in total. The third kappa shape index (κ3) is 14.2. The summed E-state index contributed by atoms with van der Waals surface area (Å²) >= 11 is 0. The second-order valence-electron chi connectivity index (χ2n) is 21.3. The molecule has 6 heterocycles. The second kappa shape index (κ2) is 27.2. The molecular formula is C67H71N4O10S2+3. The lowest BCUT2D eigenvalue weighted by atomic mass is 9.89. The number of carbonyl (C=O) groups is 3. The molecule has 0 spiro atoms. The molecule has 428 valence electrons. The number of rotatable bonds is 14. The average Bonchev–Trinajstić information content (AvgIpc) is 2.28. The minimum atomic E-state index is -4.10. The largest absolute Gasteiger partial charge is 0.871 e. The Labute approximate surface area is 487 Å². The highest BCUT2D eigenvalue weighted by Gasteiger charge is 2.40. The summed E-state index contributed by atoms with van der Waals surface area (Å²) in [6, 6.07) is 35.8. The van der Waals surface area contributed by atoms with Crippen LogP contribution in [0, 0.1) is 11.8 Å². The van der Waals surface area contributed by atoms with Crippen LogP contribution in [0.15, 0.2) is 209 Å². The number of carbonyl (C=O) groups excluding carboxylic acids is 3. The van der Waals surface area contributed by atoms with Crippen molar-refractivity contribution < 1.29 is 64.1 Å². The van der Waals surface area contributed by atoms with Gasteiger partial charge in [0.1, 0.15) is 12.0 Å². The van der Waals surface area contributed by atoms with E-state index in [1.165, 1.54) is 129 Å². The molecule has 7 aromatic rings. The van der Waals surface area contributed by atoms with Gasteiger partial charge in [0.15, 0.2) is 62.7 Å². The number of esters is 2. The zero-order valence-corrected chi connectivity index (χ0v) is 48.9. The van der Waals surface area contributed by atoms with Gasteiger partial charge in [-0.15, -0.1) is 0 Å². The fourth-order valence-corrected chi connectivity index (χ4v) is 14.3. The summed E-state index contributed by atoms with van der Waals surface area (Å²) in [4.78, 5) is 36.0. The van der Waals surface area contributed by atoms with Crippen molar-refractivity contribution in [3.63, 3.8) is 0 Å². The minimum absolute atomic E-state index is 0.0563. The highest BCUT2D eigenvalue weighted by atomic mass is 32.2. The third-order valence-corrected chi connectivity index (χ3v) is 19.2. The Morgan fingerprint density at radius 1 is 0.554 bits per heavy atom. The molecule has 2 fully saturated rings. The summed E-state index contributed by atoms with van der Waals surface area (Å²) in [5.41, 5.74) is 5.37. The first kappa shape index (κ1) is 59.4. The fourth-order valence-electron chi connectivity index (χ4n) is 11.1. The monoisotopic (exact) mass is 1160 g/mol. The number of hydrogen-bond donors (Lipinski definition) is 0. The number of aromatic nitrogens is 4. The quantitative estimate of drug-likeness (QED) is 0.0441. The molecule has 2 saturated carbocycles. The van der Waals surface area contributed by atoms with Crippen LogP contribution in [-0.2, 0) is 58.9 Å². The van der Waals surface area contributed by atoms with Crippen LogP contribution in [0.5, 0.6) is 0 Å². The van der Waals surface area contributed by atoms with Gasteiger partial charge in [-0.1, -0.05) is 105 Å². The Morgan fingerprint density at radius 2 is 0.976 bits per heavy atom. The van der Waals surface area contributed by atoms with E-state index in [9.17, 15) is 36.3 Å². The van der Waals surface area contributed by atoms with Gasteiger partial charge >= 0.3 is 18.0 Å². The van der Waals surface area contributed by atoms with Crippen LogP contribution >= 0.6 is 0 Å². The van der Waals surface area contributed by atoms with Crippen molar-refractivity contribution in [1.29, 1.82) is 0 Å². The lowest BCUT2D eigenvalue weighted by Crippen LogP contribution is -2.49. The van der Waals surface area contributed by atoms with Gasteiger partial charge in [0.2, 0.25) is 25.5 Å². The number of ether oxygens (including phenoxy) is 2. The van der Waals surface area contributed by atoms with Gasteiger partial charge in [-0.2, -0.15) is 4.57 Å². The molecule has 83 heavy (non-hydrogen) atoms. The van der Waals surface area contributed by atoms with Crippen LogP contribution in [0.2, 0.25) is 0 Å². The Bertz CT molecular complexity index is 3680. The number of aryl methyl sites for hydroxylation is 1. The maximum Gasteiger partial charge on any atom is 0.388 e. The average molecular weight is 1160 g/mol. The number of pyridine rings is 4. The number of Topliss-reactive ketones (excluding diaryl/α,β-unsaturated/α-hetero) is 1. The van der Waals surface area contributed by atoms with Crippen LogP contribution in [0.4, 0.5) is 0 Å². The number of hydrogen-bond acceptors (Lipinski definition) is 10. The van der Waals surface area contributed by atoms with Crippen LogP contribution in [-0.4, -0.2) is 47.8 Å². The molecule has 2 aliphatic carbocycles. The minimum Gasteiger partial charge on any atom is -0.871 e. The van der Waals surface area contributed by atoms with E-state index in [4.69, 9.17) is 9.47 Å². The number of benzene rings is 3. The van der Waals surface area contributed by atoms with Gasteiger partial charge < -0.3 is 14.6 Å². The Kier molecular flexibility index (Phi) is 19.5. The summed E-state index contributed by atoms with van der Waals surface area (Å²) in [6.07, 6.45) is 32.9. The predicted molar refractivity (Wildman–Crippen MR) is 312 cm³/mol. The summed E-state index contributed by atoms with van der Waals surface area (Å²) in [6.45, 7) is 6.18. The highest BCUT2D eigenvalue weighted by molar-refractivity contribution is 7.97. The number of sulfone groups is 2. The van der Waals surface area contributed by atoms with E-state index in [0.29, 0.717) is 5.56 Å². The number of allylic oxidation sites excluding steroid dienone is 4. The lowest BCUT2D eigenvalue weighted by Gasteiger charge is -2.18. The normalized spacial score (nSPS) is 16.9. The molecule has 2 aliphatic heterocycles. The summed E-state index contributed by atoms with van der Waals surface area (Å²) in [5.74, 6) is -0.839. The first-order valence-corrected chi connectivity index (χ1v) is 31.5. The molecule has 16 heteroatoms. The van der Waals surface area contributed by atoms with Crippen molar-refractivity contribution in [2.24, 2.45) is 18.9 Å². The van der Waals surface area contributed by atoms with Crippen molar-refractivity contribution in [3.05, 3.63) is 216 Å². The molecule has 0 amide bonds. The third-order valence-electron chi connectivity index (χ3n) is 15.5. The van der Waals surface area contributed by atoms with Gasteiger partial charge in [0.25, 0.3) is 0 Å². The number of fused-ring (bicyclic) bond motifs is 2. The first-order valence-electron chi connectivity index (χ1n) is 28.6. The second-order valence-corrected chi connectivity index (χ2v) is 25.0. The van der Waals surface area contributed by atoms with E-state index < -0.39 is 59.0 Å². The molecule has 11 rings (SSSR count). The smallest absolute Gasteiger partial charge is 0.388 e. The molecule has 4 aromatic heterocycles. The molecular weight excluding hydrogens is 1080 g/mol. The Hall–Kier alpha value is -8.21. The summed E-state index contributed by atoms with van der Waals surface area (Å²) in [5, 5.41) is 12.9. The summed E-state index contributed by atoms with van der Waals surface area (Å²) in [7, 11) is -6.25. The van der Waals surface area contributed by atoms with Crippen LogP contribution in [0.1, 0.15) is 106 Å². The van der Waals surface area contributed by atoms with Crippen LogP contribution in [0.25, 0.3) is 33.6 Å². The van der Waals surface area contributed by atoms with Crippen molar-refractivity contribution in [2.75, 3.05) is 13.2 Å².